The Balaban J connectivity index is 0.00000385. The fourth-order valence-corrected chi connectivity index (χ4v) is 3.73. The van der Waals surface area contributed by atoms with Crippen LogP contribution in [0.3, 0.4) is 0 Å². The number of hydrogen-bond donors (Lipinski definition) is 2. The van der Waals surface area contributed by atoms with Gasteiger partial charge in [0, 0.05) is 39.3 Å². The van der Waals surface area contributed by atoms with E-state index in [0.717, 1.165) is 58.3 Å². The zero-order valence-electron chi connectivity index (χ0n) is 20.0. The Morgan fingerprint density at radius 2 is 1.73 bits per heavy atom. The van der Waals surface area contributed by atoms with Crippen LogP contribution < -0.4 is 10.6 Å². The third-order valence-corrected chi connectivity index (χ3v) is 5.62. The van der Waals surface area contributed by atoms with E-state index < -0.39 is 0 Å². The lowest BCUT2D eigenvalue weighted by atomic mass is 10.1. The Bertz CT molecular complexity index is 813. The summed E-state index contributed by atoms with van der Waals surface area (Å²) in [6, 6.07) is 19.0. The van der Waals surface area contributed by atoms with Gasteiger partial charge in [-0.25, -0.2) is 4.99 Å². The number of guanidine groups is 1. The number of nitrogens with zero attached hydrogens (tertiary/aromatic N) is 2. The summed E-state index contributed by atoms with van der Waals surface area (Å²) in [5.41, 5.74) is 3.83. The first-order chi connectivity index (χ1) is 15.8. The number of hydrogen-bond acceptors (Lipinski definition) is 4. The number of nitrogens with one attached hydrogen (secondary N) is 2. The van der Waals surface area contributed by atoms with E-state index >= 15 is 0 Å². The SMILES string of the molecule is CCNC(=NCc1ccccc1CN1CCOCC1)NCCCOC(C)c1ccccc1.I. The summed E-state index contributed by atoms with van der Waals surface area (Å²) in [7, 11) is 0. The second-order valence-corrected chi connectivity index (χ2v) is 8.06. The van der Waals surface area contributed by atoms with Crippen LogP contribution in [0, 0.1) is 0 Å². The van der Waals surface area contributed by atoms with Gasteiger partial charge in [0.25, 0.3) is 0 Å². The molecule has 33 heavy (non-hydrogen) atoms. The van der Waals surface area contributed by atoms with Gasteiger partial charge in [-0.1, -0.05) is 54.6 Å². The van der Waals surface area contributed by atoms with Crippen molar-refractivity contribution in [3.8, 4) is 0 Å². The fraction of sp³-hybridized carbons (Fsp3) is 0.500. The summed E-state index contributed by atoms with van der Waals surface area (Å²) >= 11 is 0. The van der Waals surface area contributed by atoms with Gasteiger partial charge in [0.2, 0.25) is 0 Å². The Labute approximate surface area is 216 Å². The molecule has 1 fully saturated rings. The molecular weight excluding hydrogens is 527 g/mol. The van der Waals surface area contributed by atoms with Crippen LogP contribution in [0.1, 0.15) is 43.1 Å². The van der Waals surface area contributed by atoms with E-state index in [9.17, 15) is 0 Å². The van der Waals surface area contributed by atoms with Gasteiger partial charge in [-0.15, -0.1) is 24.0 Å². The summed E-state index contributed by atoms with van der Waals surface area (Å²) in [6.45, 7) is 11.8. The number of halogens is 1. The van der Waals surface area contributed by atoms with Crippen molar-refractivity contribution in [2.24, 2.45) is 4.99 Å². The molecule has 2 aromatic carbocycles. The highest BCUT2D eigenvalue weighted by Crippen LogP contribution is 2.16. The molecule has 0 amide bonds. The minimum Gasteiger partial charge on any atom is -0.379 e. The van der Waals surface area contributed by atoms with Gasteiger partial charge in [-0.05, 0) is 37.0 Å². The van der Waals surface area contributed by atoms with E-state index in [1.807, 2.05) is 6.07 Å². The third-order valence-electron chi connectivity index (χ3n) is 5.62. The monoisotopic (exact) mass is 566 g/mol. The summed E-state index contributed by atoms with van der Waals surface area (Å²) in [6.07, 6.45) is 1.04. The molecular formula is C26H39IN4O2. The Morgan fingerprint density at radius 3 is 2.45 bits per heavy atom. The van der Waals surface area contributed by atoms with Crippen LogP contribution in [0.2, 0.25) is 0 Å². The lowest BCUT2D eigenvalue weighted by Crippen LogP contribution is -2.38. The van der Waals surface area contributed by atoms with Crippen molar-refractivity contribution in [3.63, 3.8) is 0 Å². The van der Waals surface area contributed by atoms with Crippen molar-refractivity contribution in [1.29, 1.82) is 0 Å². The van der Waals surface area contributed by atoms with Gasteiger partial charge >= 0.3 is 0 Å². The van der Waals surface area contributed by atoms with Crippen LogP contribution in [0.5, 0.6) is 0 Å². The van der Waals surface area contributed by atoms with Crippen LogP contribution in [0.25, 0.3) is 0 Å². The van der Waals surface area contributed by atoms with E-state index in [1.54, 1.807) is 0 Å². The molecule has 1 saturated heterocycles. The lowest BCUT2D eigenvalue weighted by molar-refractivity contribution is 0.0341. The summed E-state index contributed by atoms with van der Waals surface area (Å²) < 4.78 is 11.4. The average molecular weight is 567 g/mol. The van der Waals surface area contributed by atoms with Gasteiger partial charge in [0.05, 0.1) is 25.9 Å². The largest absolute Gasteiger partial charge is 0.379 e. The predicted molar refractivity (Wildman–Crippen MR) is 146 cm³/mol. The maximum Gasteiger partial charge on any atom is 0.191 e. The molecule has 1 unspecified atom stereocenters. The highest BCUT2D eigenvalue weighted by atomic mass is 127. The second kappa shape index (κ2) is 16.0. The maximum atomic E-state index is 5.97. The molecule has 3 rings (SSSR count). The molecule has 1 aliphatic rings. The Morgan fingerprint density at radius 1 is 1.03 bits per heavy atom. The van der Waals surface area contributed by atoms with Crippen molar-refractivity contribution in [1.82, 2.24) is 15.5 Å². The van der Waals surface area contributed by atoms with Crippen LogP contribution in [-0.4, -0.2) is 56.9 Å². The van der Waals surface area contributed by atoms with Gasteiger partial charge in [0.15, 0.2) is 5.96 Å². The molecule has 0 bridgehead atoms. The normalized spacial score (nSPS) is 15.5. The maximum absolute atomic E-state index is 5.97. The molecule has 7 heteroatoms. The molecule has 182 valence electrons. The van der Waals surface area contributed by atoms with Gasteiger partial charge in [-0.2, -0.15) is 0 Å². The summed E-state index contributed by atoms with van der Waals surface area (Å²) in [5.74, 6) is 0.852. The van der Waals surface area contributed by atoms with E-state index in [4.69, 9.17) is 14.5 Å². The molecule has 0 saturated carbocycles. The number of benzene rings is 2. The first-order valence-electron chi connectivity index (χ1n) is 11.8. The van der Waals surface area contributed by atoms with Crippen LogP contribution in [0.15, 0.2) is 59.6 Å². The van der Waals surface area contributed by atoms with Crippen molar-refractivity contribution < 1.29 is 9.47 Å². The Kier molecular flexibility index (Phi) is 13.4. The molecule has 0 spiro atoms. The minimum absolute atomic E-state index is 0. The first-order valence-corrected chi connectivity index (χ1v) is 11.8. The zero-order valence-corrected chi connectivity index (χ0v) is 22.3. The molecule has 0 aliphatic carbocycles. The highest BCUT2D eigenvalue weighted by Gasteiger charge is 2.12. The molecule has 0 aromatic heterocycles. The van der Waals surface area contributed by atoms with Crippen LogP contribution in [0.4, 0.5) is 0 Å². The van der Waals surface area contributed by atoms with Crippen LogP contribution >= 0.6 is 24.0 Å². The molecule has 1 aliphatic heterocycles. The smallest absolute Gasteiger partial charge is 0.191 e. The minimum atomic E-state index is 0. The molecule has 2 N–H and O–H groups in total. The standard InChI is InChI=1S/C26H38N4O2.HI/c1-3-27-26(28-14-9-17-32-22(2)23-10-5-4-6-11-23)29-20-24-12-7-8-13-25(24)21-30-15-18-31-19-16-30;/h4-8,10-13,22H,3,9,14-21H2,1-2H3,(H2,27,28,29);1H. The molecule has 1 heterocycles. The molecule has 6 nitrogen and oxygen atoms in total. The molecule has 0 radical (unpaired) electrons. The molecule has 2 aromatic rings. The quantitative estimate of drug-likeness (QED) is 0.183. The number of aliphatic imine (C=N–C) groups is 1. The van der Waals surface area contributed by atoms with Gasteiger partial charge < -0.3 is 20.1 Å². The third kappa shape index (κ3) is 10.00. The van der Waals surface area contributed by atoms with E-state index in [-0.39, 0.29) is 30.1 Å². The van der Waals surface area contributed by atoms with Crippen molar-refractivity contribution in [3.05, 3.63) is 71.3 Å². The second-order valence-electron chi connectivity index (χ2n) is 8.06. The van der Waals surface area contributed by atoms with Gasteiger partial charge in [0.1, 0.15) is 0 Å². The van der Waals surface area contributed by atoms with Crippen molar-refractivity contribution in [2.75, 3.05) is 46.0 Å². The van der Waals surface area contributed by atoms with E-state index in [0.29, 0.717) is 13.2 Å². The lowest BCUT2D eigenvalue weighted by Gasteiger charge is -2.27. The number of morpholine rings is 1. The topological polar surface area (TPSA) is 58.1 Å². The van der Waals surface area contributed by atoms with Crippen molar-refractivity contribution in [2.45, 2.75) is 39.5 Å². The first kappa shape index (κ1) is 27.6. The fourth-order valence-electron chi connectivity index (χ4n) is 3.73. The van der Waals surface area contributed by atoms with Gasteiger partial charge in [-0.3, -0.25) is 4.90 Å². The van der Waals surface area contributed by atoms with Crippen molar-refractivity contribution >= 4 is 29.9 Å². The molecule has 1 atom stereocenters. The highest BCUT2D eigenvalue weighted by molar-refractivity contribution is 14.0. The van der Waals surface area contributed by atoms with E-state index in [1.165, 1.54) is 16.7 Å². The Hall–Kier alpha value is -1.68. The van der Waals surface area contributed by atoms with Crippen LogP contribution in [-0.2, 0) is 22.6 Å². The summed E-state index contributed by atoms with van der Waals surface area (Å²) in [5, 5.41) is 6.79. The average Bonchev–Trinajstić information content (AvgIpc) is 2.84. The van der Waals surface area contributed by atoms with E-state index in [2.05, 4.69) is 77.9 Å². The number of ether oxygens (including phenoxy) is 2. The predicted octanol–water partition coefficient (Wildman–Crippen LogP) is 4.36. The zero-order chi connectivity index (χ0) is 22.4. The number of rotatable bonds is 11. The summed E-state index contributed by atoms with van der Waals surface area (Å²) in [4.78, 5) is 7.28.